The lowest BCUT2D eigenvalue weighted by Crippen LogP contribution is -1.96. The highest BCUT2D eigenvalue weighted by atomic mass is 16.5. The second-order valence-electron chi connectivity index (χ2n) is 4.19. The Morgan fingerprint density at radius 2 is 2.10 bits per heavy atom. The van der Waals surface area contributed by atoms with E-state index in [0.29, 0.717) is 12.4 Å². The van der Waals surface area contributed by atoms with Crippen LogP contribution in [0, 0.1) is 0 Å². The number of allylic oxidation sites excluding steroid dienone is 1. The lowest BCUT2D eigenvalue weighted by atomic mass is 10.3. The fourth-order valence-corrected chi connectivity index (χ4v) is 1.58. The second-order valence-corrected chi connectivity index (χ2v) is 4.19. The van der Waals surface area contributed by atoms with Crippen molar-refractivity contribution >= 4 is 11.5 Å². The number of carbonyl (C=O) groups is 1. The maximum atomic E-state index is 11.6. The van der Waals surface area contributed by atoms with E-state index in [1.165, 1.54) is 12.3 Å². The lowest BCUT2D eigenvalue weighted by molar-refractivity contribution is 0.102. The average Bonchev–Trinajstić information content (AvgIpc) is 3.00. The Hall–Kier alpha value is -2.49. The topological polar surface area (TPSA) is 51.5 Å². The molecule has 4 heteroatoms. The summed E-state index contributed by atoms with van der Waals surface area (Å²) in [5.41, 5.74) is 0.886. The van der Waals surface area contributed by atoms with Gasteiger partial charge in [0.25, 0.3) is 0 Å². The Morgan fingerprint density at radius 1 is 1.30 bits per heavy atom. The Balaban J connectivity index is 1.86. The van der Waals surface area contributed by atoms with Gasteiger partial charge < -0.3 is 14.5 Å². The molecule has 20 heavy (non-hydrogen) atoms. The Morgan fingerprint density at radius 3 is 2.75 bits per heavy atom. The molecule has 0 fully saturated rings. The van der Waals surface area contributed by atoms with Crippen molar-refractivity contribution in [2.24, 2.45) is 0 Å². The molecule has 0 aliphatic heterocycles. The molecule has 1 aromatic heterocycles. The molecule has 2 rings (SSSR count). The van der Waals surface area contributed by atoms with Crippen molar-refractivity contribution in [2.45, 2.75) is 13.3 Å². The van der Waals surface area contributed by atoms with E-state index < -0.39 is 0 Å². The molecule has 0 spiro atoms. The molecule has 1 aromatic carbocycles. The van der Waals surface area contributed by atoms with Crippen LogP contribution in [0.1, 0.15) is 23.9 Å². The van der Waals surface area contributed by atoms with Gasteiger partial charge in [0.1, 0.15) is 5.75 Å². The molecule has 0 atom stereocenters. The number of carbonyl (C=O) groups excluding carboxylic acids is 1. The zero-order chi connectivity index (χ0) is 14.2. The molecular weight excluding hydrogens is 254 g/mol. The first-order valence-corrected chi connectivity index (χ1v) is 6.53. The van der Waals surface area contributed by atoms with Crippen molar-refractivity contribution in [3.8, 4) is 5.75 Å². The highest BCUT2D eigenvalue weighted by Gasteiger charge is 2.02. The summed E-state index contributed by atoms with van der Waals surface area (Å²) in [4.78, 5) is 11.6. The zero-order valence-corrected chi connectivity index (χ0v) is 11.3. The summed E-state index contributed by atoms with van der Waals surface area (Å²) in [6.07, 6.45) is 5.48. The van der Waals surface area contributed by atoms with Gasteiger partial charge in [-0.3, -0.25) is 4.79 Å². The Kier molecular flexibility index (Phi) is 5.00. The first kappa shape index (κ1) is 13.9. The summed E-state index contributed by atoms with van der Waals surface area (Å²) in [5.74, 6) is 0.991. The molecule has 0 saturated carbocycles. The Labute approximate surface area is 118 Å². The quantitative estimate of drug-likeness (QED) is 0.613. The molecule has 4 nitrogen and oxygen atoms in total. The first-order valence-electron chi connectivity index (χ1n) is 6.53. The first-order chi connectivity index (χ1) is 9.79. The van der Waals surface area contributed by atoms with Gasteiger partial charge in [-0.1, -0.05) is 6.92 Å². The van der Waals surface area contributed by atoms with Crippen molar-refractivity contribution < 1.29 is 13.9 Å². The van der Waals surface area contributed by atoms with Gasteiger partial charge in [-0.2, -0.15) is 0 Å². The van der Waals surface area contributed by atoms with Crippen LogP contribution in [-0.4, -0.2) is 12.4 Å². The van der Waals surface area contributed by atoms with E-state index in [0.717, 1.165) is 17.9 Å². The number of benzene rings is 1. The van der Waals surface area contributed by atoms with Crippen LogP contribution < -0.4 is 10.1 Å². The van der Waals surface area contributed by atoms with Crippen LogP contribution in [0.25, 0.3) is 0 Å². The maximum absolute atomic E-state index is 11.6. The fraction of sp³-hybridized carbons (Fsp3) is 0.188. The minimum Gasteiger partial charge on any atom is -0.494 e. The van der Waals surface area contributed by atoms with Gasteiger partial charge in [0.2, 0.25) is 5.78 Å². The van der Waals surface area contributed by atoms with Gasteiger partial charge >= 0.3 is 0 Å². The predicted molar refractivity (Wildman–Crippen MR) is 78.0 cm³/mol. The van der Waals surface area contributed by atoms with Gasteiger partial charge in [0.05, 0.1) is 12.9 Å². The minimum atomic E-state index is -0.176. The van der Waals surface area contributed by atoms with E-state index in [1.807, 2.05) is 24.3 Å². The van der Waals surface area contributed by atoms with E-state index >= 15 is 0 Å². The van der Waals surface area contributed by atoms with Gasteiger partial charge in [-0.05, 0) is 42.8 Å². The smallest absolute Gasteiger partial charge is 0.222 e. The summed E-state index contributed by atoms with van der Waals surface area (Å²) < 4.78 is 10.5. The van der Waals surface area contributed by atoms with Crippen LogP contribution >= 0.6 is 0 Å². The molecule has 1 N–H and O–H groups in total. The number of hydrogen-bond acceptors (Lipinski definition) is 4. The molecule has 0 saturated heterocycles. The lowest BCUT2D eigenvalue weighted by Gasteiger charge is -2.05. The monoisotopic (exact) mass is 271 g/mol. The summed E-state index contributed by atoms with van der Waals surface area (Å²) in [7, 11) is 0. The number of ether oxygens (including phenoxy) is 1. The predicted octanol–water partition coefficient (Wildman–Crippen LogP) is 3.88. The SMILES string of the molecule is CCCOc1ccc(N/C=C/C(=O)c2ccco2)cc1. The molecule has 0 aliphatic carbocycles. The van der Waals surface area contributed by atoms with Gasteiger partial charge in [-0.15, -0.1) is 0 Å². The number of ketones is 1. The van der Waals surface area contributed by atoms with E-state index in [9.17, 15) is 4.79 Å². The third-order valence-corrected chi connectivity index (χ3v) is 2.58. The van der Waals surface area contributed by atoms with E-state index in [1.54, 1.807) is 18.3 Å². The molecule has 0 aliphatic rings. The van der Waals surface area contributed by atoms with Crippen LogP contribution in [0.5, 0.6) is 5.75 Å². The largest absolute Gasteiger partial charge is 0.494 e. The summed E-state index contributed by atoms with van der Waals surface area (Å²) in [6, 6.07) is 10.9. The summed E-state index contributed by atoms with van der Waals surface area (Å²) in [5, 5.41) is 3.02. The standard InChI is InChI=1S/C16H17NO3/c1-2-11-19-14-7-5-13(6-8-14)17-10-9-15(18)16-4-3-12-20-16/h3-10,12,17H,2,11H2,1H3/b10-9+. The molecule has 1 heterocycles. The van der Waals surface area contributed by atoms with Crippen molar-refractivity contribution in [1.29, 1.82) is 0 Å². The summed E-state index contributed by atoms with van der Waals surface area (Å²) >= 11 is 0. The van der Waals surface area contributed by atoms with E-state index in [-0.39, 0.29) is 5.78 Å². The van der Waals surface area contributed by atoms with Crippen molar-refractivity contribution in [1.82, 2.24) is 0 Å². The molecule has 0 bridgehead atoms. The van der Waals surface area contributed by atoms with Crippen LogP contribution in [-0.2, 0) is 0 Å². The van der Waals surface area contributed by atoms with Gasteiger partial charge in [0, 0.05) is 18.0 Å². The minimum absolute atomic E-state index is 0.176. The number of rotatable bonds is 7. The Bertz CT molecular complexity index is 556. The normalized spacial score (nSPS) is 10.7. The van der Waals surface area contributed by atoms with Crippen molar-refractivity contribution in [3.63, 3.8) is 0 Å². The number of furan rings is 1. The molecule has 0 radical (unpaired) electrons. The second kappa shape index (κ2) is 7.19. The number of anilines is 1. The van der Waals surface area contributed by atoms with Crippen molar-refractivity contribution in [3.05, 3.63) is 60.7 Å². The molecule has 2 aromatic rings. The third kappa shape index (κ3) is 4.02. The number of nitrogens with one attached hydrogen (secondary N) is 1. The zero-order valence-electron chi connectivity index (χ0n) is 11.3. The fourth-order valence-electron chi connectivity index (χ4n) is 1.58. The number of hydrogen-bond donors (Lipinski definition) is 1. The molecule has 0 amide bonds. The third-order valence-electron chi connectivity index (χ3n) is 2.58. The highest BCUT2D eigenvalue weighted by Crippen LogP contribution is 2.15. The summed E-state index contributed by atoms with van der Waals surface area (Å²) in [6.45, 7) is 2.78. The van der Waals surface area contributed by atoms with E-state index in [4.69, 9.17) is 9.15 Å². The molecular formula is C16H17NO3. The van der Waals surface area contributed by atoms with Crippen LogP contribution in [0.4, 0.5) is 5.69 Å². The van der Waals surface area contributed by atoms with Crippen LogP contribution in [0.2, 0.25) is 0 Å². The highest BCUT2D eigenvalue weighted by molar-refractivity contribution is 6.02. The van der Waals surface area contributed by atoms with Crippen LogP contribution in [0.3, 0.4) is 0 Å². The average molecular weight is 271 g/mol. The molecule has 104 valence electrons. The maximum Gasteiger partial charge on any atom is 0.222 e. The van der Waals surface area contributed by atoms with E-state index in [2.05, 4.69) is 12.2 Å². The van der Waals surface area contributed by atoms with Crippen LogP contribution in [0.15, 0.2) is 59.4 Å². The molecule has 0 unspecified atom stereocenters. The van der Waals surface area contributed by atoms with Gasteiger partial charge in [0.15, 0.2) is 5.76 Å². The van der Waals surface area contributed by atoms with Crippen molar-refractivity contribution in [2.75, 3.05) is 11.9 Å². The van der Waals surface area contributed by atoms with Gasteiger partial charge in [-0.25, -0.2) is 0 Å².